The molecule has 2 N–H and O–H groups in total. The summed E-state index contributed by atoms with van der Waals surface area (Å²) in [5, 5.41) is 7.25. The Hall–Kier alpha value is -3.00. The fourth-order valence-corrected chi connectivity index (χ4v) is 2.92. The van der Waals surface area contributed by atoms with Crippen molar-refractivity contribution in [3.05, 3.63) is 69.4 Å². The molecule has 0 bridgehead atoms. The molecule has 0 aliphatic carbocycles. The molecule has 1 heterocycles. The van der Waals surface area contributed by atoms with E-state index in [1.807, 2.05) is 0 Å². The summed E-state index contributed by atoms with van der Waals surface area (Å²) in [5.41, 5.74) is 3.18. The van der Waals surface area contributed by atoms with Gasteiger partial charge < -0.3 is 14.5 Å². The molecule has 0 unspecified atom stereocenters. The van der Waals surface area contributed by atoms with E-state index in [0.717, 1.165) is 5.56 Å². The number of amides is 2. The van der Waals surface area contributed by atoms with Crippen LogP contribution in [0.3, 0.4) is 0 Å². The average molecular weight is 467 g/mol. The van der Waals surface area contributed by atoms with Gasteiger partial charge in [0, 0.05) is 11.3 Å². The Bertz CT molecular complexity index is 1130. The maximum atomic E-state index is 12.0. The van der Waals surface area contributed by atoms with E-state index in [1.54, 1.807) is 42.5 Å². The number of nitrogens with one attached hydrogen (secondary N) is 2. The molecule has 10 heteroatoms. The standard InChI is InChI=1S/C20H14Cl3N3O4/c1-29-18-6-3-12(9-16(18)23)25-19(27)20(28)26-24-10-13-4-7-17(30-13)11-2-5-14(21)15(22)8-11/h2-10H,1H3,(H,25,27)(H,26,28)/b24-10+. The second-order valence-electron chi connectivity index (χ2n) is 5.83. The molecule has 0 atom stereocenters. The van der Waals surface area contributed by atoms with Crippen LogP contribution < -0.4 is 15.5 Å². The van der Waals surface area contributed by atoms with E-state index >= 15 is 0 Å². The van der Waals surface area contributed by atoms with Crippen LogP contribution in [0.15, 0.2) is 58.0 Å². The Morgan fingerprint density at radius 3 is 2.47 bits per heavy atom. The predicted octanol–water partition coefficient (Wildman–Crippen LogP) is 5.00. The van der Waals surface area contributed by atoms with Crippen LogP contribution in [0, 0.1) is 0 Å². The lowest BCUT2D eigenvalue weighted by molar-refractivity contribution is -0.136. The van der Waals surface area contributed by atoms with Gasteiger partial charge in [0.2, 0.25) is 0 Å². The molecular weight excluding hydrogens is 453 g/mol. The van der Waals surface area contributed by atoms with E-state index < -0.39 is 11.8 Å². The van der Waals surface area contributed by atoms with Crippen LogP contribution in [0.25, 0.3) is 11.3 Å². The quantitative estimate of drug-likeness (QED) is 0.314. The third-order valence-electron chi connectivity index (χ3n) is 3.80. The van der Waals surface area contributed by atoms with Crippen molar-refractivity contribution in [2.45, 2.75) is 0 Å². The van der Waals surface area contributed by atoms with Gasteiger partial charge in [-0.15, -0.1) is 0 Å². The fraction of sp³-hybridized carbons (Fsp3) is 0.0500. The van der Waals surface area contributed by atoms with E-state index in [9.17, 15) is 9.59 Å². The number of ether oxygens (including phenoxy) is 1. The summed E-state index contributed by atoms with van der Waals surface area (Å²) >= 11 is 17.9. The summed E-state index contributed by atoms with van der Waals surface area (Å²) in [6.45, 7) is 0. The average Bonchev–Trinajstić information content (AvgIpc) is 3.19. The number of carbonyl (C=O) groups excluding carboxylic acids is 2. The van der Waals surface area contributed by atoms with Gasteiger partial charge in [-0.3, -0.25) is 9.59 Å². The monoisotopic (exact) mass is 465 g/mol. The van der Waals surface area contributed by atoms with Crippen molar-refractivity contribution in [2.24, 2.45) is 5.10 Å². The first-order chi connectivity index (χ1) is 14.4. The lowest BCUT2D eigenvalue weighted by Crippen LogP contribution is -2.32. The first-order valence-electron chi connectivity index (χ1n) is 8.40. The first-order valence-corrected chi connectivity index (χ1v) is 9.54. The number of halogens is 3. The third-order valence-corrected chi connectivity index (χ3v) is 4.84. The number of hydrazone groups is 1. The molecule has 1 aromatic heterocycles. The van der Waals surface area contributed by atoms with Gasteiger partial charge in [-0.1, -0.05) is 34.8 Å². The number of hydrogen-bond donors (Lipinski definition) is 2. The van der Waals surface area contributed by atoms with Crippen LogP contribution in [0.5, 0.6) is 5.75 Å². The Morgan fingerprint density at radius 1 is 0.967 bits per heavy atom. The van der Waals surface area contributed by atoms with Crippen molar-refractivity contribution in [3.63, 3.8) is 0 Å². The highest BCUT2D eigenvalue weighted by atomic mass is 35.5. The minimum Gasteiger partial charge on any atom is -0.495 e. The highest BCUT2D eigenvalue weighted by molar-refractivity contribution is 6.42. The zero-order valence-electron chi connectivity index (χ0n) is 15.4. The zero-order chi connectivity index (χ0) is 21.7. The number of nitrogens with zero attached hydrogens (tertiary/aromatic N) is 1. The predicted molar refractivity (Wildman–Crippen MR) is 117 cm³/mol. The molecule has 2 aromatic carbocycles. The molecule has 0 radical (unpaired) electrons. The molecule has 0 aliphatic rings. The summed E-state index contributed by atoms with van der Waals surface area (Å²) in [6.07, 6.45) is 1.26. The fourth-order valence-electron chi connectivity index (χ4n) is 2.36. The van der Waals surface area contributed by atoms with Gasteiger partial charge in [-0.25, -0.2) is 5.43 Å². The van der Waals surface area contributed by atoms with Gasteiger partial charge in [0.25, 0.3) is 0 Å². The molecule has 3 rings (SSSR count). The minimum absolute atomic E-state index is 0.296. The lowest BCUT2D eigenvalue weighted by Gasteiger charge is -2.07. The molecule has 0 spiro atoms. The number of rotatable bonds is 5. The van der Waals surface area contributed by atoms with Crippen LogP contribution in [0.1, 0.15) is 5.76 Å². The molecule has 0 aliphatic heterocycles. The van der Waals surface area contributed by atoms with Crippen molar-refractivity contribution >= 4 is 58.5 Å². The molecule has 7 nitrogen and oxygen atoms in total. The minimum atomic E-state index is -0.963. The summed E-state index contributed by atoms with van der Waals surface area (Å²) in [7, 11) is 1.47. The van der Waals surface area contributed by atoms with Gasteiger partial charge in [0.15, 0.2) is 0 Å². The molecule has 0 fully saturated rings. The lowest BCUT2D eigenvalue weighted by atomic mass is 10.2. The first kappa shape index (κ1) is 21.7. The van der Waals surface area contributed by atoms with Crippen molar-refractivity contribution in [3.8, 4) is 17.1 Å². The Balaban J connectivity index is 1.57. The SMILES string of the molecule is COc1ccc(NC(=O)C(=O)N/N=C/c2ccc(-c3ccc(Cl)c(Cl)c3)o2)cc1Cl. The summed E-state index contributed by atoms with van der Waals surface area (Å²) in [5.74, 6) is -0.532. The maximum absolute atomic E-state index is 12.0. The van der Waals surface area contributed by atoms with Crippen LogP contribution in [0.2, 0.25) is 15.1 Å². The highest BCUT2D eigenvalue weighted by Gasteiger charge is 2.14. The number of furan rings is 1. The zero-order valence-corrected chi connectivity index (χ0v) is 17.7. The number of hydrogen-bond acceptors (Lipinski definition) is 5. The van der Waals surface area contributed by atoms with E-state index in [-0.39, 0.29) is 0 Å². The van der Waals surface area contributed by atoms with Gasteiger partial charge in [-0.05, 0) is 48.5 Å². The van der Waals surface area contributed by atoms with Crippen LogP contribution in [0.4, 0.5) is 5.69 Å². The molecule has 0 saturated heterocycles. The Labute approximate surface area is 186 Å². The van der Waals surface area contributed by atoms with Crippen LogP contribution >= 0.6 is 34.8 Å². The van der Waals surface area contributed by atoms with Crippen LogP contribution in [-0.2, 0) is 9.59 Å². The summed E-state index contributed by atoms with van der Waals surface area (Å²) < 4.78 is 10.6. The summed E-state index contributed by atoms with van der Waals surface area (Å²) in [6, 6.07) is 13.0. The molecule has 154 valence electrons. The Morgan fingerprint density at radius 2 is 1.77 bits per heavy atom. The topological polar surface area (TPSA) is 92.9 Å². The van der Waals surface area contributed by atoms with Crippen molar-refractivity contribution in [1.82, 2.24) is 5.43 Å². The number of benzene rings is 2. The van der Waals surface area contributed by atoms with E-state index in [1.165, 1.54) is 19.4 Å². The highest BCUT2D eigenvalue weighted by Crippen LogP contribution is 2.29. The molecular formula is C20H14Cl3N3O4. The number of anilines is 1. The largest absolute Gasteiger partial charge is 0.495 e. The second kappa shape index (κ2) is 9.67. The van der Waals surface area contributed by atoms with Gasteiger partial charge in [-0.2, -0.15) is 5.10 Å². The van der Waals surface area contributed by atoms with Crippen molar-refractivity contribution in [2.75, 3.05) is 12.4 Å². The smallest absolute Gasteiger partial charge is 0.329 e. The normalized spacial score (nSPS) is 10.8. The second-order valence-corrected chi connectivity index (χ2v) is 7.06. The molecule has 3 aromatic rings. The van der Waals surface area contributed by atoms with Crippen LogP contribution in [-0.4, -0.2) is 25.1 Å². The van der Waals surface area contributed by atoms with Gasteiger partial charge in [0.05, 0.1) is 28.4 Å². The van der Waals surface area contributed by atoms with Gasteiger partial charge >= 0.3 is 11.8 Å². The number of methoxy groups -OCH3 is 1. The van der Waals surface area contributed by atoms with Crippen molar-refractivity contribution in [1.29, 1.82) is 0 Å². The maximum Gasteiger partial charge on any atom is 0.329 e. The van der Waals surface area contributed by atoms with Gasteiger partial charge in [0.1, 0.15) is 17.3 Å². The van der Waals surface area contributed by atoms with Crippen molar-refractivity contribution < 1.29 is 18.7 Å². The molecule has 2 amide bonds. The third kappa shape index (κ3) is 5.33. The molecule has 30 heavy (non-hydrogen) atoms. The molecule has 0 saturated carbocycles. The van der Waals surface area contributed by atoms with E-state index in [2.05, 4.69) is 15.8 Å². The Kier molecular flexibility index (Phi) is 6.99. The van der Waals surface area contributed by atoms with E-state index in [4.69, 9.17) is 44.0 Å². The van der Waals surface area contributed by atoms with E-state index in [0.29, 0.717) is 38.0 Å². The number of carbonyl (C=O) groups is 2. The summed E-state index contributed by atoms with van der Waals surface area (Å²) in [4.78, 5) is 23.8.